The molecule has 0 aromatic rings. The van der Waals surface area contributed by atoms with E-state index in [-0.39, 0.29) is 22.6 Å². The van der Waals surface area contributed by atoms with Gasteiger partial charge in [0.15, 0.2) is 11.4 Å². The van der Waals surface area contributed by atoms with E-state index < -0.39 is 5.60 Å². The van der Waals surface area contributed by atoms with Crippen LogP contribution in [0.2, 0.25) is 0 Å². The molecule has 5 unspecified atom stereocenters. The van der Waals surface area contributed by atoms with Crippen molar-refractivity contribution in [2.24, 2.45) is 34.5 Å². The van der Waals surface area contributed by atoms with E-state index in [2.05, 4.69) is 26.0 Å². The van der Waals surface area contributed by atoms with Gasteiger partial charge in [-0.2, -0.15) is 0 Å². The highest BCUT2D eigenvalue weighted by Crippen LogP contribution is 2.73. The van der Waals surface area contributed by atoms with Crippen molar-refractivity contribution in [1.29, 1.82) is 0 Å². The van der Waals surface area contributed by atoms with Crippen LogP contribution in [-0.2, 0) is 14.3 Å². The van der Waals surface area contributed by atoms with E-state index in [1.54, 1.807) is 6.08 Å². The maximum atomic E-state index is 12.4. The highest BCUT2D eigenvalue weighted by Gasteiger charge is 2.72. The van der Waals surface area contributed by atoms with Gasteiger partial charge in [0.1, 0.15) is 0 Å². The molecule has 0 N–H and O–H groups in total. The first kappa shape index (κ1) is 19.7. The number of rotatable bonds is 2. The highest BCUT2D eigenvalue weighted by atomic mass is 32.1. The van der Waals surface area contributed by atoms with E-state index in [0.717, 1.165) is 37.0 Å². The number of carbonyl (C=O) groups excluding carboxylic acids is 2. The molecule has 0 aromatic carbocycles. The summed E-state index contributed by atoms with van der Waals surface area (Å²) in [6, 6.07) is 0. The summed E-state index contributed by atoms with van der Waals surface area (Å²) in [7, 11) is 0. The molecule has 7 atom stereocenters. The first-order valence-electron chi connectivity index (χ1n) is 11.4. The molecule has 29 heavy (non-hydrogen) atoms. The van der Waals surface area contributed by atoms with Crippen molar-refractivity contribution < 1.29 is 14.3 Å². The molecule has 5 rings (SSSR count). The molecule has 5 aliphatic rings. The predicted octanol–water partition coefficient (Wildman–Crippen LogP) is 5.43. The molecule has 3 nitrogen and oxygen atoms in total. The quantitative estimate of drug-likeness (QED) is 0.486. The Kier molecular flexibility index (Phi) is 4.31. The molecular formula is C25H32O3S. The fourth-order valence-electron chi connectivity index (χ4n) is 7.94. The zero-order valence-electron chi connectivity index (χ0n) is 17.7. The van der Waals surface area contributed by atoms with Crippen LogP contribution in [0.4, 0.5) is 0 Å². The Hall–Kier alpha value is -1.29. The van der Waals surface area contributed by atoms with Crippen molar-refractivity contribution in [2.45, 2.75) is 71.3 Å². The maximum Gasteiger partial charge on any atom is 0.306 e. The van der Waals surface area contributed by atoms with Crippen molar-refractivity contribution in [3.63, 3.8) is 0 Å². The Balaban J connectivity index is 1.54. The molecule has 0 bridgehead atoms. The van der Waals surface area contributed by atoms with Gasteiger partial charge in [-0.1, -0.05) is 38.5 Å². The van der Waals surface area contributed by atoms with Crippen molar-refractivity contribution >= 4 is 24.4 Å². The number of allylic oxidation sites excluding steroid dienone is 4. The number of thiol groups is 1. The minimum atomic E-state index is -0.521. The van der Waals surface area contributed by atoms with Crippen molar-refractivity contribution in [3.8, 4) is 0 Å². The summed E-state index contributed by atoms with van der Waals surface area (Å²) < 4.78 is 6.28. The maximum absolute atomic E-state index is 12.4. The minimum Gasteiger partial charge on any atom is -0.452 e. The summed E-state index contributed by atoms with van der Waals surface area (Å²) in [4.78, 5) is 25.4. The summed E-state index contributed by atoms with van der Waals surface area (Å²) >= 11 is 4.82. The molecule has 5 aliphatic carbocycles. The van der Waals surface area contributed by atoms with Crippen LogP contribution in [0.5, 0.6) is 0 Å². The van der Waals surface area contributed by atoms with Gasteiger partial charge in [0.2, 0.25) is 0 Å². The van der Waals surface area contributed by atoms with E-state index in [0.29, 0.717) is 30.1 Å². The number of fused-ring (bicyclic) bond motifs is 4. The molecule has 3 saturated carbocycles. The summed E-state index contributed by atoms with van der Waals surface area (Å²) in [5.41, 5.74) is 0.752. The molecule has 1 spiro atoms. The molecule has 3 fully saturated rings. The van der Waals surface area contributed by atoms with Gasteiger partial charge in [-0.25, -0.2) is 0 Å². The normalized spacial score (nSPS) is 47.5. The lowest BCUT2D eigenvalue weighted by Crippen LogP contribution is -2.70. The summed E-state index contributed by atoms with van der Waals surface area (Å²) in [5.74, 6) is 2.05. The van der Waals surface area contributed by atoms with Gasteiger partial charge in [-0.3, -0.25) is 9.59 Å². The van der Waals surface area contributed by atoms with Crippen LogP contribution in [0.25, 0.3) is 0 Å². The van der Waals surface area contributed by atoms with Gasteiger partial charge < -0.3 is 4.74 Å². The van der Waals surface area contributed by atoms with Gasteiger partial charge in [-0.05, 0) is 68.4 Å². The Morgan fingerprint density at radius 3 is 2.76 bits per heavy atom. The number of ether oxygens (including phenoxy) is 1. The Morgan fingerprint density at radius 1 is 1.24 bits per heavy atom. The first-order valence-corrected chi connectivity index (χ1v) is 11.8. The minimum absolute atomic E-state index is 0.00150. The predicted molar refractivity (Wildman–Crippen MR) is 116 cm³/mol. The van der Waals surface area contributed by atoms with Crippen LogP contribution in [0.1, 0.15) is 65.7 Å². The summed E-state index contributed by atoms with van der Waals surface area (Å²) in [5, 5.41) is 0. The molecule has 156 valence electrons. The fourth-order valence-corrected chi connectivity index (χ4v) is 8.65. The van der Waals surface area contributed by atoms with Gasteiger partial charge in [-0.15, -0.1) is 12.6 Å². The molecule has 0 amide bonds. The second kappa shape index (κ2) is 6.35. The molecule has 0 radical (unpaired) electrons. The third-order valence-electron chi connectivity index (χ3n) is 9.32. The smallest absolute Gasteiger partial charge is 0.306 e. The zero-order chi connectivity index (χ0) is 20.6. The van der Waals surface area contributed by atoms with E-state index in [1.807, 2.05) is 13.0 Å². The summed E-state index contributed by atoms with van der Waals surface area (Å²) in [6.07, 6.45) is 15.2. The monoisotopic (exact) mass is 412 g/mol. The number of carbonyl (C=O) groups is 2. The van der Waals surface area contributed by atoms with Crippen LogP contribution in [0.15, 0.2) is 34.8 Å². The second-order valence-electron chi connectivity index (χ2n) is 10.3. The average molecular weight is 413 g/mol. The van der Waals surface area contributed by atoms with Crippen LogP contribution in [0, 0.1) is 34.5 Å². The third kappa shape index (κ3) is 2.33. The number of ketones is 1. The van der Waals surface area contributed by atoms with Crippen LogP contribution < -0.4 is 0 Å². The van der Waals surface area contributed by atoms with Gasteiger partial charge >= 0.3 is 5.97 Å². The largest absolute Gasteiger partial charge is 0.452 e. The second-order valence-corrected chi connectivity index (χ2v) is 10.7. The highest BCUT2D eigenvalue weighted by molar-refractivity contribution is 7.84. The van der Waals surface area contributed by atoms with Gasteiger partial charge in [0.05, 0.1) is 0 Å². The standard InChI is InChI=1S/C25H32O3S/c1-4-22(27)28-25-15(2)5-8-20-18-7-6-16-13-17(26)9-11-23(16,3)19(18)10-12-24(20,25)14-21(25)29/h9,11,13-15,18-20,29H,4-8,10,12H2,1-3H3/t15-,18?,19?,20?,23?,24?,25+/m1/s1. The SMILES string of the molecule is CCC(=O)O[C@@]12C(S)=CC13CCC1C(CCC4=CC(=O)C=CC41C)C3CC[C@H]2C. The van der Waals surface area contributed by atoms with Crippen molar-refractivity contribution in [3.05, 3.63) is 34.8 Å². The van der Waals surface area contributed by atoms with Crippen molar-refractivity contribution in [1.82, 2.24) is 0 Å². The number of hydrogen-bond acceptors (Lipinski definition) is 4. The Morgan fingerprint density at radius 2 is 2.03 bits per heavy atom. The molecule has 0 saturated heterocycles. The summed E-state index contributed by atoms with van der Waals surface area (Å²) in [6.45, 7) is 6.46. The van der Waals surface area contributed by atoms with Crippen LogP contribution in [0.3, 0.4) is 0 Å². The zero-order valence-corrected chi connectivity index (χ0v) is 18.6. The van der Waals surface area contributed by atoms with Crippen molar-refractivity contribution in [2.75, 3.05) is 0 Å². The molecule has 4 heteroatoms. The van der Waals surface area contributed by atoms with Gasteiger partial charge in [0, 0.05) is 28.1 Å². The van der Waals surface area contributed by atoms with E-state index in [9.17, 15) is 9.59 Å². The lowest BCUT2D eigenvalue weighted by Gasteiger charge is -2.69. The van der Waals surface area contributed by atoms with E-state index in [1.165, 1.54) is 12.0 Å². The molecule has 0 aromatic heterocycles. The lowest BCUT2D eigenvalue weighted by molar-refractivity contribution is -0.218. The average Bonchev–Trinajstić information content (AvgIpc) is 2.70. The van der Waals surface area contributed by atoms with Crippen LogP contribution >= 0.6 is 12.6 Å². The first-order chi connectivity index (χ1) is 13.8. The Labute approximate surface area is 179 Å². The lowest BCUT2D eigenvalue weighted by atomic mass is 9.38. The van der Waals surface area contributed by atoms with E-state index >= 15 is 0 Å². The molecule has 0 heterocycles. The number of esters is 1. The molecule has 0 aliphatic heterocycles. The van der Waals surface area contributed by atoms with Crippen LogP contribution in [-0.4, -0.2) is 17.4 Å². The van der Waals surface area contributed by atoms with E-state index in [4.69, 9.17) is 17.4 Å². The third-order valence-corrected chi connectivity index (χ3v) is 9.78. The van der Waals surface area contributed by atoms with Gasteiger partial charge in [0.25, 0.3) is 0 Å². The molecular weight excluding hydrogens is 380 g/mol. The Bertz CT molecular complexity index is 869. The number of hydrogen-bond donors (Lipinski definition) is 1. The topological polar surface area (TPSA) is 43.4 Å². The fraction of sp³-hybridized carbons (Fsp3) is 0.680.